The van der Waals surface area contributed by atoms with Crippen molar-refractivity contribution in [2.45, 2.75) is 32.2 Å². The van der Waals surface area contributed by atoms with Crippen molar-refractivity contribution >= 4 is 34.1 Å². The van der Waals surface area contributed by atoms with Gasteiger partial charge in [-0.25, -0.2) is 4.39 Å². The number of hydrogen-bond donors (Lipinski definition) is 2. The molecule has 30 heavy (non-hydrogen) atoms. The second-order valence-corrected chi connectivity index (χ2v) is 8.92. The third kappa shape index (κ3) is 5.05. The van der Waals surface area contributed by atoms with Crippen molar-refractivity contribution in [1.82, 2.24) is 10.2 Å². The molecule has 2 N–H and O–H groups in total. The molecule has 0 bridgehead atoms. The van der Waals surface area contributed by atoms with Gasteiger partial charge in [0.1, 0.15) is 5.82 Å². The minimum Gasteiger partial charge on any atom is -0.352 e. The van der Waals surface area contributed by atoms with E-state index in [2.05, 4.69) is 10.6 Å². The van der Waals surface area contributed by atoms with Gasteiger partial charge in [-0.15, -0.1) is 11.3 Å². The van der Waals surface area contributed by atoms with Crippen LogP contribution in [-0.2, 0) is 16.1 Å². The van der Waals surface area contributed by atoms with Crippen LogP contribution in [0.15, 0.2) is 36.4 Å². The molecule has 0 unspecified atom stereocenters. The van der Waals surface area contributed by atoms with Crippen LogP contribution in [0.3, 0.4) is 0 Å². The van der Waals surface area contributed by atoms with Crippen molar-refractivity contribution in [3.63, 3.8) is 0 Å². The van der Waals surface area contributed by atoms with Crippen molar-refractivity contribution in [2.75, 3.05) is 18.4 Å². The number of piperidine rings is 1. The Kier molecular flexibility index (Phi) is 6.13. The van der Waals surface area contributed by atoms with E-state index in [9.17, 15) is 18.8 Å². The highest BCUT2D eigenvalue weighted by atomic mass is 32.1. The Labute approximate surface area is 178 Å². The molecule has 2 heterocycles. The molecule has 1 saturated heterocycles. The van der Waals surface area contributed by atoms with Gasteiger partial charge in [0, 0.05) is 31.5 Å². The van der Waals surface area contributed by atoms with Gasteiger partial charge in [0.15, 0.2) is 0 Å². The third-order valence-electron chi connectivity index (χ3n) is 5.54. The number of carbonyl (C=O) groups is 3. The van der Waals surface area contributed by atoms with Crippen molar-refractivity contribution in [1.29, 1.82) is 0 Å². The third-order valence-corrected chi connectivity index (χ3v) is 6.53. The van der Waals surface area contributed by atoms with Crippen molar-refractivity contribution in [3.8, 4) is 0 Å². The number of likely N-dealkylation sites (tertiary alicyclic amines) is 1. The minimum absolute atomic E-state index is 0.0308. The molecule has 1 saturated carbocycles. The quantitative estimate of drug-likeness (QED) is 0.739. The maximum atomic E-state index is 13.0. The standard InChI is InChI=1S/C22H24FN3O3S/c23-17-5-1-14(2-6-17)13-24-20(27)16-9-11-26(12-10-16)22(29)18-7-8-19(30-18)25-21(28)15-3-4-15/h1-2,5-8,15-16H,3-4,9-13H2,(H,24,27)(H,25,28). The number of benzene rings is 1. The molecule has 2 fully saturated rings. The lowest BCUT2D eigenvalue weighted by Crippen LogP contribution is -2.42. The first-order valence-electron chi connectivity index (χ1n) is 10.2. The SMILES string of the molecule is O=C(NCc1ccc(F)cc1)C1CCN(C(=O)c2ccc(NC(=O)C3CC3)s2)CC1. The summed E-state index contributed by atoms with van der Waals surface area (Å²) in [6.45, 7) is 1.41. The van der Waals surface area contributed by atoms with Crippen LogP contribution in [-0.4, -0.2) is 35.7 Å². The van der Waals surface area contributed by atoms with Crippen LogP contribution in [0.25, 0.3) is 0 Å². The summed E-state index contributed by atoms with van der Waals surface area (Å²) in [6.07, 6.45) is 3.10. The topological polar surface area (TPSA) is 78.5 Å². The Morgan fingerprint density at radius 2 is 1.60 bits per heavy atom. The van der Waals surface area contributed by atoms with Gasteiger partial charge in [-0.05, 0) is 55.5 Å². The van der Waals surface area contributed by atoms with E-state index in [-0.39, 0.29) is 35.4 Å². The summed E-state index contributed by atoms with van der Waals surface area (Å²) >= 11 is 1.29. The first-order chi connectivity index (χ1) is 14.5. The number of thiophene rings is 1. The summed E-state index contributed by atoms with van der Waals surface area (Å²) in [6, 6.07) is 9.57. The molecule has 158 valence electrons. The molecule has 4 rings (SSSR count). The fourth-order valence-electron chi connectivity index (χ4n) is 3.53. The van der Waals surface area contributed by atoms with Gasteiger partial charge in [0.2, 0.25) is 11.8 Å². The summed E-state index contributed by atoms with van der Waals surface area (Å²) in [7, 11) is 0. The first-order valence-corrected chi connectivity index (χ1v) is 11.0. The number of rotatable bonds is 6. The molecule has 0 radical (unpaired) electrons. The molecule has 3 amide bonds. The lowest BCUT2D eigenvalue weighted by atomic mass is 9.95. The Bertz CT molecular complexity index is 931. The van der Waals surface area contributed by atoms with E-state index in [0.717, 1.165) is 18.4 Å². The zero-order chi connectivity index (χ0) is 21.1. The summed E-state index contributed by atoms with van der Waals surface area (Å²) < 4.78 is 13.0. The van der Waals surface area contributed by atoms with Gasteiger partial charge in [0.05, 0.1) is 9.88 Å². The zero-order valence-electron chi connectivity index (χ0n) is 16.5. The molecule has 2 aromatic rings. The summed E-state index contributed by atoms with van der Waals surface area (Å²) in [5, 5.41) is 6.47. The zero-order valence-corrected chi connectivity index (χ0v) is 17.3. The molecule has 0 spiro atoms. The van der Waals surface area contributed by atoms with E-state index in [1.165, 1.54) is 23.5 Å². The minimum atomic E-state index is -0.301. The maximum absolute atomic E-state index is 13.0. The van der Waals surface area contributed by atoms with Crippen LogP contribution >= 0.6 is 11.3 Å². The predicted octanol–water partition coefficient (Wildman–Crippen LogP) is 3.40. The number of anilines is 1. The monoisotopic (exact) mass is 429 g/mol. The summed E-state index contributed by atoms with van der Waals surface area (Å²) in [4.78, 5) is 39.4. The van der Waals surface area contributed by atoms with Gasteiger partial charge >= 0.3 is 0 Å². The molecule has 1 aromatic heterocycles. The van der Waals surface area contributed by atoms with Crippen LogP contribution in [0.1, 0.15) is 40.9 Å². The van der Waals surface area contributed by atoms with E-state index in [0.29, 0.717) is 42.4 Å². The second kappa shape index (κ2) is 8.95. The smallest absolute Gasteiger partial charge is 0.263 e. The van der Waals surface area contributed by atoms with Gasteiger partial charge in [0.25, 0.3) is 5.91 Å². The number of halogens is 1. The number of carbonyl (C=O) groups excluding carboxylic acids is 3. The van der Waals surface area contributed by atoms with Gasteiger partial charge in [-0.1, -0.05) is 12.1 Å². The average molecular weight is 430 g/mol. The lowest BCUT2D eigenvalue weighted by molar-refractivity contribution is -0.126. The molecular weight excluding hydrogens is 405 g/mol. The fraction of sp³-hybridized carbons (Fsp3) is 0.409. The van der Waals surface area contributed by atoms with E-state index >= 15 is 0 Å². The van der Waals surface area contributed by atoms with Crippen LogP contribution in [0, 0.1) is 17.7 Å². The highest BCUT2D eigenvalue weighted by Crippen LogP contribution is 2.32. The van der Waals surface area contributed by atoms with Gasteiger partial charge < -0.3 is 15.5 Å². The molecule has 8 heteroatoms. The molecule has 2 aliphatic rings. The highest BCUT2D eigenvalue weighted by molar-refractivity contribution is 7.18. The fourth-order valence-corrected chi connectivity index (χ4v) is 4.40. The van der Waals surface area contributed by atoms with E-state index in [1.807, 2.05) is 0 Å². The summed E-state index contributed by atoms with van der Waals surface area (Å²) in [5.74, 6) is -0.371. The van der Waals surface area contributed by atoms with Crippen LogP contribution in [0.5, 0.6) is 0 Å². The normalized spacial score (nSPS) is 16.9. The van der Waals surface area contributed by atoms with E-state index in [4.69, 9.17) is 0 Å². The molecule has 1 aliphatic carbocycles. The van der Waals surface area contributed by atoms with E-state index in [1.54, 1.807) is 29.2 Å². The molecular formula is C22H24FN3O3S. The molecule has 6 nitrogen and oxygen atoms in total. The van der Waals surface area contributed by atoms with Gasteiger partial charge in [-0.3, -0.25) is 14.4 Å². The number of hydrogen-bond acceptors (Lipinski definition) is 4. The second-order valence-electron chi connectivity index (χ2n) is 7.84. The van der Waals surface area contributed by atoms with E-state index < -0.39 is 0 Å². The maximum Gasteiger partial charge on any atom is 0.263 e. The van der Waals surface area contributed by atoms with Crippen molar-refractivity contribution in [2.24, 2.45) is 11.8 Å². The highest BCUT2D eigenvalue weighted by Gasteiger charge is 2.31. The largest absolute Gasteiger partial charge is 0.352 e. The first kappa shape index (κ1) is 20.5. The Morgan fingerprint density at radius 1 is 0.933 bits per heavy atom. The van der Waals surface area contributed by atoms with Crippen LogP contribution in [0.2, 0.25) is 0 Å². The van der Waals surface area contributed by atoms with Gasteiger partial charge in [-0.2, -0.15) is 0 Å². The molecule has 1 aromatic carbocycles. The van der Waals surface area contributed by atoms with Crippen LogP contribution < -0.4 is 10.6 Å². The molecule has 0 atom stereocenters. The van der Waals surface area contributed by atoms with Crippen molar-refractivity contribution in [3.05, 3.63) is 52.7 Å². The molecule has 1 aliphatic heterocycles. The Balaban J connectivity index is 1.24. The number of nitrogens with one attached hydrogen (secondary N) is 2. The summed E-state index contributed by atoms with van der Waals surface area (Å²) in [5.41, 5.74) is 0.847. The lowest BCUT2D eigenvalue weighted by Gasteiger charge is -2.31. The number of amides is 3. The van der Waals surface area contributed by atoms with Crippen LogP contribution in [0.4, 0.5) is 9.39 Å². The number of nitrogens with zero attached hydrogens (tertiary/aromatic N) is 1. The average Bonchev–Trinajstić information content (AvgIpc) is 3.52. The van der Waals surface area contributed by atoms with Crippen molar-refractivity contribution < 1.29 is 18.8 Å². The Hall–Kier alpha value is -2.74. The Morgan fingerprint density at radius 3 is 2.27 bits per heavy atom. The predicted molar refractivity (Wildman–Crippen MR) is 113 cm³/mol.